The first-order valence-corrected chi connectivity index (χ1v) is 8.39. The van der Waals surface area contributed by atoms with E-state index in [1.54, 1.807) is 9.58 Å². The van der Waals surface area contributed by atoms with E-state index in [0.717, 1.165) is 27.9 Å². The van der Waals surface area contributed by atoms with Crippen molar-refractivity contribution < 1.29 is 14.3 Å². The van der Waals surface area contributed by atoms with Crippen molar-refractivity contribution in [3.05, 3.63) is 47.4 Å². The molecule has 1 amide bonds. The van der Waals surface area contributed by atoms with E-state index >= 15 is 0 Å². The monoisotopic (exact) mass is 353 g/mol. The first-order chi connectivity index (χ1) is 12.6. The minimum atomic E-state index is -0.699. The van der Waals surface area contributed by atoms with Gasteiger partial charge in [0.2, 0.25) is 5.91 Å². The Morgan fingerprint density at radius 1 is 1.35 bits per heavy atom. The second-order valence-electron chi connectivity index (χ2n) is 6.40. The van der Waals surface area contributed by atoms with Crippen LogP contribution in [-0.2, 0) is 33.8 Å². The van der Waals surface area contributed by atoms with Gasteiger partial charge in [0.1, 0.15) is 12.6 Å². The van der Waals surface area contributed by atoms with Crippen molar-refractivity contribution in [1.29, 1.82) is 0 Å². The number of hydrogen-bond donors (Lipinski definition) is 1. The zero-order chi connectivity index (χ0) is 18.3. The Bertz CT molecular complexity index is 990. The van der Waals surface area contributed by atoms with E-state index in [-0.39, 0.29) is 12.5 Å². The number of ether oxygens (including phenoxy) is 1. The minimum Gasteiger partial charge on any atom is -0.467 e. The third kappa shape index (κ3) is 2.63. The number of aryl methyl sites for hydroxylation is 1. The number of fused-ring (bicyclic) bond motifs is 2. The maximum absolute atomic E-state index is 12.6. The Balaban J connectivity index is 1.68. The first kappa shape index (κ1) is 16.3. The molecule has 1 aliphatic rings. The number of carbonyl (C=O) groups is 2. The summed E-state index contributed by atoms with van der Waals surface area (Å²) in [7, 11) is 1.34. The predicted molar refractivity (Wildman–Crippen MR) is 93.1 cm³/mol. The van der Waals surface area contributed by atoms with Crippen molar-refractivity contribution >= 4 is 22.8 Å². The number of hydrogen-bond acceptors (Lipinski definition) is 5. The number of carbonyl (C=O) groups excluding carboxylic acids is 2. The van der Waals surface area contributed by atoms with Crippen LogP contribution >= 0.6 is 0 Å². The molecule has 26 heavy (non-hydrogen) atoms. The van der Waals surface area contributed by atoms with Gasteiger partial charge in [0.05, 0.1) is 25.0 Å². The molecular weight excluding hydrogens is 334 g/mol. The van der Waals surface area contributed by atoms with Crippen molar-refractivity contribution in [2.24, 2.45) is 0 Å². The number of benzene rings is 1. The van der Waals surface area contributed by atoms with Crippen LogP contribution in [0.2, 0.25) is 0 Å². The number of aromatic amines is 1. The summed E-state index contributed by atoms with van der Waals surface area (Å²) in [6.45, 7) is 2.22. The zero-order valence-electron chi connectivity index (χ0n) is 14.6. The Morgan fingerprint density at radius 3 is 2.96 bits per heavy atom. The van der Waals surface area contributed by atoms with E-state index in [4.69, 9.17) is 4.74 Å². The Labute approximate surface area is 149 Å². The lowest BCUT2D eigenvalue weighted by Gasteiger charge is -2.33. The molecule has 1 atom stereocenters. The highest BCUT2D eigenvalue weighted by Crippen LogP contribution is 2.24. The number of methoxy groups -OCH3 is 1. The van der Waals surface area contributed by atoms with Crippen LogP contribution in [0.1, 0.15) is 17.0 Å². The van der Waals surface area contributed by atoms with Gasteiger partial charge in [0.15, 0.2) is 0 Å². The second kappa shape index (κ2) is 6.29. The third-order valence-electron chi connectivity index (χ3n) is 4.90. The molecule has 0 saturated carbocycles. The number of amides is 1. The van der Waals surface area contributed by atoms with Crippen LogP contribution in [0, 0.1) is 6.92 Å². The van der Waals surface area contributed by atoms with Gasteiger partial charge in [-0.15, -0.1) is 5.10 Å². The highest BCUT2D eigenvalue weighted by Gasteiger charge is 2.36. The molecule has 0 spiro atoms. The Hall–Kier alpha value is -3.16. The van der Waals surface area contributed by atoms with E-state index in [1.807, 2.05) is 37.4 Å². The third-order valence-corrected chi connectivity index (χ3v) is 4.90. The first-order valence-electron chi connectivity index (χ1n) is 8.39. The van der Waals surface area contributed by atoms with E-state index in [2.05, 4.69) is 15.3 Å². The largest absolute Gasteiger partial charge is 0.467 e. The van der Waals surface area contributed by atoms with Gasteiger partial charge in [-0.1, -0.05) is 23.4 Å². The molecule has 0 unspecified atom stereocenters. The van der Waals surface area contributed by atoms with Crippen LogP contribution < -0.4 is 0 Å². The summed E-state index contributed by atoms with van der Waals surface area (Å²) < 4.78 is 6.58. The molecule has 1 aromatic carbocycles. The molecule has 8 nitrogen and oxygen atoms in total. The molecule has 0 saturated heterocycles. The van der Waals surface area contributed by atoms with Crippen molar-refractivity contribution in [3.63, 3.8) is 0 Å². The van der Waals surface area contributed by atoms with Crippen molar-refractivity contribution in [2.45, 2.75) is 32.5 Å². The van der Waals surface area contributed by atoms with E-state index in [1.165, 1.54) is 7.11 Å². The summed E-state index contributed by atoms with van der Waals surface area (Å²) >= 11 is 0. The molecule has 0 radical (unpaired) electrons. The molecule has 4 rings (SSSR count). The average Bonchev–Trinajstić information content (AvgIpc) is 3.22. The average molecular weight is 353 g/mol. The van der Waals surface area contributed by atoms with Crippen LogP contribution in [0.15, 0.2) is 30.5 Å². The molecule has 2 aromatic heterocycles. The quantitative estimate of drug-likeness (QED) is 0.711. The predicted octanol–water partition coefficient (Wildman–Crippen LogP) is 1.19. The lowest BCUT2D eigenvalue weighted by molar-refractivity contribution is -0.154. The van der Waals surface area contributed by atoms with Crippen LogP contribution in [-0.4, -0.2) is 49.9 Å². The number of esters is 1. The fourth-order valence-corrected chi connectivity index (χ4v) is 3.46. The SMILES string of the molecule is COC(=O)[C@@H](Cc1c[nH]c2ccccc12)N1Cc2c(C)nnn2CC1=O. The summed E-state index contributed by atoms with van der Waals surface area (Å²) in [5.41, 5.74) is 3.57. The molecule has 3 aromatic rings. The fourth-order valence-electron chi connectivity index (χ4n) is 3.46. The van der Waals surface area contributed by atoms with Crippen molar-refractivity contribution in [1.82, 2.24) is 24.9 Å². The van der Waals surface area contributed by atoms with E-state index in [0.29, 0.717) is 13.0 Å². The van der Waals surface area contributed by atoms with Gasteiger partial charge in [-0.05, 0) is 18.6 Å². The molecule has 1 aliphatic heterocycles. The molecule has 0 aliphatic carbocycles. The lowest BCUT2D eigenvalue weighted by Crippen LogP contribution is -2.50. The van der Waals surface area contributed by atoms with E-state index in [9.17, 15) is 9.59 Å². The molecule has 0 bridgehead atoms. The highest BCUT2D eigenvalue weighted by atomic mass is 16.5. The van der Waals surface area contributed by atoms with Crippen LogP contribution in [0.3, 0.4) is 0 Å². The number of H-pyrrole nitrogens is 1. The van der Waals surface area contributed by atoms with Gasteiger partial charge in [0.25, 0.3) is 0 Å². The molecule has 134 valence electrons. The van der Waals surface area contributed by atoms with Gasteiger partial charge < -0.3 is 14.6 Å². The molecule has 1 N–H and O–H groups in total. The molecule has 8 heteroatoms. The van der Waals surface area contributed by atoms with Gasteiger partial charge in [-0.25, -0.2) is 9.48 Å². The van der Waals surface area contributed by atoms with Crippen molar-refractivity contribution in [2.75, 3.05) is 7.11 Å². The van der Waals surface area contributed by atoms with E-state index < -0.39 is 12.0 Å². The maximum Gasteiger partial charge on any atom is 0.328 e. The number of para-hydroxylation sites is 1. The summed E-state index contributed by atoms with van der Waals surface area (Å²) in [5, 5.41) is 9.04. The zero-order valence-corrected chi connectivity index (χ0v) is 14.6. The number of aromatic nitrogens is 4. The minimum absolute atomic E-state index is 0.0809. The van der Waals surface area contributed by atoms with Gasteiger partial charge >= 0.3 is 5.97 Å². The van der Waals surface area contributed by atoms with Gasteiger partial charge in [-0.2, -0.15) is 0 Å². The molecule has 0 fully saturated rings. The Kier molecular flexibility index (Phi) is 3.95. The summed E-state index contributed by atoms with van der Waals surface area (Å²) in [4.78, 5) is 29.9. The number of nitrogens with one attached hydrogen (secondary N) is 1. The van der Waals surface area contributed by atoms with Gasteiger partial charge in [-0.3, -0.25) is 4.79 Å². The summed E-state index contributed by atoms with van der Waals surface area (Å²) in [5.74, 6) is -0.597. The fraction of sp³-hybridized carbons (Fsp3) is 0.333. The summed E-state index contributed by atoms with van der Waals surface area (Å²) in [6, 6.07) is 7.18. The maximum atomic E-state index is 12.6. The molecule has 3 heterocycles. The van der Waals surface area contributed by atoms with Crippen LogP contribution in [0.25, 0.3) is 10.9 Å². The number of nitrogens with zero attached hydrogens (tertiary/aromatic N) is 4. The molecular formula is C18H19N5O3. The standard InChI is InChI=1S/C18H19N5O3/c1-11-16-9-22(17(24)10-23(16)21-20-11)15(18(25)26-2)7-12-8-19-14-6-4-3-5-13(12)14/h3-6,8,15,19H,7,9-10H2,1-2H3/t15-/m1/s1. The topological polar surface area (TPSA) is 93.1 Å². The number of rotatable bonds is 4. The second-order valence-corrected chi connectivity index (χ2v) is 6.40. The van der Waals surface area contributed by atoms with Crippen molar-refractivity contribution in [3.8, 4) is 0 Å². The van der Waals surface area contributed by atoms with Crippen LogP contribution in [0.4, 0.5) is 0 Å². The summed E-state index contributed by atoms with van der Waals surface area (Å²) in [6.07, 6.45) is 2.26. The smallest absolute Gasteiger partial charge is 0.328 e. The highest BCUT2D eigenvalue weighted by molar-refractivity contribution is 5.87. The Morgan fingerprint density at radius 2 is 2.15 bits per heavy atom. The lowest BCUT2D eigenvalue weighted by atomic mass is 10.0. The normalized spacial score (nSPS) is 15.2. The van der Waals surface area contributed by atoms with Crippen LogP contribution in [0.5, 0.6) is 0 Å². The van der Waals surface area contributed by atoms with Gasteiger partial charge in [0, 0.05) is 23.5 Å².